The van der Waals surface area contributed by atoms with Crippen molar-refractivity contribution in [2.24, 2.45) is 4.99 Å². The summed E-state index contributed by atoms with van der Waals surface area (Å²) in [6, 6.07) is 0. The van der Waals surface area contributed by atoms with Crippen molar-refractivity contribution >= 4 is 15.8 Å². The van der Waals surface area contributed by atoms with Crippen LogP contribution >= 0.6 is 0 Å². The summed E-state index contributed by atoms with van der Waals surface area (Å²) in [4.78, 5) is 3.47. The highest BCUT2D eigenvalue weighted by molar-refractivity contribution is 7.85. The van der Waals surface area contributed by atoms with E-state index in [1.807, 2.05) is 0 Å². The summed E-state index contributed by atoms with van der Waals surface area (Å²) in [5.41, 5.74) is 0.484. The molecular weight excluding hydrogens is 154 g/mol. The molecule has 0 atom stereocenters. The molecule has 0 rings (SSSR count). The number of rotatable bonds is 3. The summed E-state index contributed by atoms with van der Waals surface area (Å²) >= 11 is 0. The van der Waals surface area contributed by atoms with Crippen LogP contribution in [0.25, 0.3) is 0 Å². The molecule has 0 aromatic carbocycles. The van der Waals surface area contributed by atoms with Crippen molar-refractivity contribution < 1.29 is 13.0 Å². The van der Waals surface area contributed by atoms with E-state index in [-0.39, 0.29) is 0 Å². The predicted molar refractivity (Wildman–Crippen MR) is 39.7 cm³/mol. The third-order valence-corrected chi connectivity index (χ3v) is 1.23. The Labute approximate surface area is 60.0 Å². The normalized spacial score (nSPS) is 13.2. The first-order chi connectivity index (χ1) is 4.45. The largest absolute Gasteiger partial charge is 0.285 e. The average Bonchev–Trinajstić information content (AvgIpc) is 1.81. The highest BCUT2D eigenvalue weighted by Crippen LogP contribution is 1.85. The maximum Gasteiger partial charge on any atom is 0.285 e. The minimum atomic E-state index is -3.96. The lowest BCUT2D eigenvalue weighted by Crippen LogP contribution is -2.02. The van der Waals surface area contributed by atoms with Gasteiger partial charge in [-0.1, -0.05) is 6.58 Å². The van der Waals surface area contributed by atoms with Gasteiger partial charge in [-0.05, 0) is 13.0 Å². The van der Waals surface area contributed by atoms with Crippen molar-refractivity contribution in [3.63, 3.8) is 0 Å². The molecule has 0 saturated carbocycles. The Morgan fingerprint density at radius 1 is 1.80 bits per heavy atom. The maximum atomic E-state index is 10.1. The smallest absolute Gasteiger partial charge is 0.284 e. The quantitative estimate of drug-likeness (QED) is 0.486. The van der Waals surface area contributed by atoms with E-state index in [1.54, 1.807) is 6.92 Å². The van der Waals surface area contributed by atoms with E-state index in [4.69, 9.17) is 4.55 Å². The maximum absolute atomic E-state index is 10.1. The molecule has 0 bridgehead atoms. The van der Waals surface area contributed by atoms with Gasteiger partial charge in [0.25, 0.3) is 10.1 Å². The fourth-order valence-electron chi connectivity index (χ4n) is 0.248. The molecular formula is C5H9NO3S. The Morgan fingerprint density at radius 2 is 2.30 bits per heavy atom. The van der Waals surface area contributed by atoms with Crippen LogP contribution in [-0.2, 0) is 10.1 Å². The van der Waals surface area contributed by atoms with Crippen LogP contribution in [0.2, 0.25) is 0 Å². The van der Waals surface area contributed by atoms with E-state index >= 15 is 0 Å². The van der Waals surface area contributed by atoms with Gasteiger partial charge in [0.1, 0.15) is 0 Å². The highest BCUT2D eigenvalue weighted by Gasteiger charge is 1.99. The zero-order chi connectivity index (χ0) is 8.20. The van der Waals surface area contributed by atoms with Crippen molar-refractivity contribution in [1.29, 1.82) is 0 Å². The van der Waals surface area contributed by atoms with E-state index in [0.29, 0.717) is 5.71 Å². The fourth-order valence-corrected chi connectivity index (χ4v) is 0.615. The topological polar surface area (TPSA) is 66.7 Å². The number of nitrogens with zero attached hydrogens (tertiary/aromatic N) is 1. The second-order valence-corrected chi connectivity index (χ2v) is 3.14. The molecule has 0 aliphatic heterocycles. The first-order valence-corrected chi connectivity index (χ1v) is 4.15. The monoisotopic (exact) mass is 163 g/mol. The van der Waals surface area contributed by atoms with E-state index < -0.39 is 16.0 Å². The molecule has 0 aliphatic carbocycles. The summed E-state index contributed by atoms with van der Waals surface area (Å²) in [5, 5.41) is 0. The summed E-state index contributed by atoms with van der Waals surface area (Å²) < 4.78 is 28.3. The molecule has 0 aromatic rings. The summed E-state index contributed by atoms with van der Waals surface area (Å²) in [6.07, 6.45) is 1.41. The first-order valence-electron chi connectivity index (χ1n) is 2.54. The van der Waals surface area contributed by atoms with Gasteiger partial charge >= 0.3 is 0 Å². The molecule has 58 valence electrons. The third kappa shape index (κ3) is 5.46. The van der Waals surface area contributed by atoms with Crippen molar-refractivity contribution in [3.8, 4) is 0 Å². The van der Waals surface area contributed by atoms with E-state index in [9.17, 15) is 8.42 Å². The molecule has 0 heterocycles. The predicted octanol–water partition coefficient (Wildman–Crippen LogP) is 0.479. The minimum Gasteiger partial charge on any atom is -0.284 e. The average molecular weight is 163 g/mol. The van der Waals surface area contributed by atoms with Crippen molar-refractivity contribution in [3.05, 3.63) is 12.7 Å². The second-order valence-electron chi connectivity index (χ2n) is 1.71. The fraction of sp³-hybridized carbons (Fsp3) is 0.400. The van der Waals surface area contributed by atoms with Crippen LogP contribution in [0.15, 0.2) is 17.6 Å². The van der Waals surface area contributed by atoms with Gasteiger partial charge in [0.2, 0.25) is 0 Å². The second kappa shape index (κ2) is 3.48. The third-order valence-electron chi connectivity index (χ3n) is 0.773. The lowest BCUT2D eigenvalue weighted by atomic mass is 10.4. The lowest BCUT2D eigenvalue weighted by Gasteiger charge is -1.90. The Balaban J connectivity index is 4.10. The van der Waals surface area contributed by atoms with Crippen LogP contribution in [-0.4, -0.2) is 24.6 Å². The van der Waals surface area contributed by atoms with Gasteiger partial charge in [-0.2, -0.15) is 8.42 Å². The van der Waals surface area contributed by atoms with Gasteiger partial charge in [0, 0.05) is 5.71 Å². The molecule has 0 spiro atoms. The number of aliphatic imine (C=N–C) groups is 1. The van der Waals surface area contributed by atoms with Crippen molar-refractivity contribution in [1.82, 2.24) is 0 Å². The zero-order valence-corrected chi connectivity index (χ0v) is 6.43. The van der Waals surface area contributed by atoms with Crippen LogP contribution in [0.1, 0.15) is 6.92 Å². The Kier molecular flexibility index (Phi) is 3.24. The molecule has 1 N–H and O–H groups in total. The standard InChI is InChI=1S/C5H9NO3S/c1-3-5(2)6-4-10(7,8)9/h3H,1,4H2,2H3,(H,7,8,9). The zero-order valence-electron chi connectivity index (χ0n) is 5.61. The van der Waals surface area contributed by atoms with Crippen LogP contribution in [0.3, 0.4) is 0 Å². The van der Waals surface area contributed by atoms with Crippen LogP contribution < -0.4 is 0 Å². The molecule has 0 unspecified atom stereocenters. The van der Waals surface area contributed by atoms with Gasteiger partial charge in [-0.25, -0.2) is 0 Å². The number of hydrogen-bond acceptors (Lipinski definition) is 3. The van der Waals surface area contributed by atoms with Crippen molar-refractivity contribution in [2.45, 2.75) is 6.92 Å². The molecule has 10 heavy (non-hydrogen) atoms. The van der Waals surface area contributed by atoms with Gasteiger partial charge in [0.15, 0.2) is 5.88 Å². The number of allylic oxidation sites excluding steroid dienone is 1. The molecule has 0 amide bonds. The Morgan fingerprint density at radius 3 is 2.60 bits per heavy atom. The van der Waals surface area contributed by atoms with Gasteiger partial charge < -0.3 is 0 Å². The molecule has 0 aromatic heterocycles. The van der Waals surface area contributed by atoms with Crippen LogP contribution in [0, 0.1) is 0 Å². The summed E-state index contributed by atoms with van der Waals surface area (Å²) in [7, 11) is -3.96. The van der Waals surface area contributed by atoms with Crippen LogP contribution in [0.5, 0.6) is 0 Å². The molecule has 0 radical (unpaired) electrons. The molecule has 5 heteroatoms. The SMILES string of the molecule is C=CC(C)=NCS(=O)(=O)O. The Hall–Kier alpha value is -0.680. The molecule has 0 saturated heterocycles. The van der Waals surface area contributed by atoms with Gasteiger partial charge in [-0.3, -0.25) is 9.55 Å². The van der Waals surface area contributed by atoms with Gasteiger partial charge in [-0.15, -0.1) is 0 Å². The highest BCUT2D eigenvalue weighted by atomic mass is 32.2. The van der Waals surface area contributed by atoms with E-state index in [2.05, 4.69) is 11.6 Å². The minimum absolute atomic E-state index is 0.484. The number of hydrogen-bond donors (Lipinski definition) is 1. The summed E-state index contributed by atoms with van der Waals surface area (Å²) in [6.45, 7) is 4.95. The first kappa shape index (κ1) is 9.32. The van der Waals surface area contributed by atoms with Crippen molar-refractivity contribution in [2.75, 3.05) is 5.88 Å². The van der Waals surface area contributed by atoms with E-state index in [1.165, 1.54) is 6.08 Å². The van der Waals surface area contributed by atoms with Crippen LogP contribution in [0.4, 0.5) is 0 Å². The Bertz CT molecular complexity index is 240. The lowest BCUT2D eigenvalue weighted by molar-refractivity contribution is 0.484. The van der Waals surface area contributed by atoms with Gasteiger partial charge in [0.05, 0.1) is 0 Å². The van der Waals surface area contributed by atoms with E-state index in [0.717, 1.165) is 0 Å². The molecule has 0 fully saturated rings. The summed E-state index contributed by atoms with van der Waals surface area (Å²) in [5.74, 6) is -0.592. The molecule has 4 nitrogen and oxygen atoms in total. The molecule has 0 aliphatic rings.